The molecule has 1 saturated carbocycles. The molecule has 7 heteroatoms. The first-order valence-electron chi connectivity index (χ1n) is 9.21. The van der Waals surface area contributed by atoms with Gasteiger partial charge in [-0.25, -0.2) is 4.98 Å². The lowest BCUT2D eigenvalue weighted by molar-refractivity contribution is -0.858. The van der Waals surface area contributed by atoms with Crippen LogP contribution in [-0.2, 0) is 11.3 Å². The fraction of sp³-hybridized carbons (Fsp3) is 0.526. The van der Waals surface area contributed by atoms with E-state index >= 15 is 0 Å². The number of carbonyl (C=O) groups excluding carboxylic acids is 1. The molecule has 1 aromatic carbocycles. The van der Waals surface area contributed by atoms with Gasteiger partial charge in [-0.2, -0.15) is 0 Å². The zero-order valence-corrected chi connectivity index (χ0v) is 16.4. The highest BCUT2D eigenvalue weighted by Gasteiger charge is 2.27. The summed E-state index contributed by atoms with van der Waals surface area (Å²) in [6.45, 7) is 3.46. The van der Waals surface area contributed by atoms with Crippen LogP contribution in [0.5, 0.6) is 0 Å². The van der Waals surface area contributed by atoms with Crippen LogP contribution in [0.1, 0.15) is 26.2 Å². The lowest BCUT2D eigenvalue weighted by Gasteiger charge is -2.16. The molecule has 26 heavy (non-hydrogen) atoms. The molecule has 1 aliphatic carbocycles. The molecule has 2 N–H and O–H groups in total. The van der Waals surface area contributed by atoms with Gasteiger partial charge in [0, 0.05) is 19.0 Å². The normalized spacial score (nSPS) is 15.4. The van der Waals surface area contributed by atoms with E-state index in [1.54, 1.807) is 4.57 Å². The van der Waals surface area contributed by atoms with Crippen LogP contribution in [-0.4, -0.2) is 47.4 Å². The molecule has 0 bridgehead atoms. The molecule has 140 valence electrons. The second kappa shape index (κ2) is 8.22. The molecule has 0 unspecified atom stereocenters. The highest BCUT2D eigenvalue weighted by Crippen LogP contribution is 2.25. The van der Waals surface area contributed by atoms with Crippen molar-refractivity contribution in [3.8, 4) is 0 Å². The van der Waals surface area contributed by atoms with Gasteiger partial charge in [0.05, 0.1) is 36.8 Å². The predicted molar refractivity (Wildman–Crippen MR) is 105 cm³/mol. The summed E-state index contributed by atoms with van der Waals surface area (Å²) in [4.78, 5) is 31.3. The third-order valence-electron chi connectivity index (χ3n) is 4.46. The fourth-order valence-electron chi connectivity index (χ4n) is 2.78. The summed E-state index contributed by atoms with van der Waals surface area (Å²) in [7, 11) is 4.20. The maximum absolute atomic E-state index is 13.0. The average Bonchev–Trinajstić information content (AvgIpc) is 3.41. The Morgan fingerprint density at radius 3 is 2.81 bits per heavy atom. The number of rotatable bonds is 8. The van der Waals surface area contributed by atoms with E-state index in [1.807, 2.05) is 31.2 Å². The number of hydrogen-bond donors (Lipinski definition) is 2. The number of fused-ring (bicyclic) bond motifs is 1. The van der Waals surface area contributed by atoms with Crippen LogP contribution >= 0.6 is 11.8 Å². The van der Waals surface area contributed by atoms with E-state index in [0.717, 1.165) is 25.8 Å². The SMILES string of the molecule is C[C@@H](Sc1nc2ccccc2c(=O)n1CCC[NH+](C)C)C(=O)NC1CC1. The van der Waals surface area contributed by atoms with E-state index in [-0.39, 0.29) is 16.7 Å². The van der Waals surface area contributed by atoms with Gasteiger partial charge >= 0.3 is 0 Å². The summed E-state index contributed by atoms with van der Waals surface area (Å²) >= 11 is 1.37. The van der Waals surface area contributed by atoms with Crippen LogP contribution in [0.4, 0.5) is 0 Å². The van der Waals surface area contributed by atoms with E-state index in [0.29, 0.717) is 28.6 Å². The van der Waals surface area contributed by atoms with Crippen LogP contribution in [0.25, 0.3) is 10.9 Å². The predicted octanol–water partition coefficient (Wildman–Crippen LogP) is 0.690. The highest BCUT2D eigenvalue weighted by molar-refractivity contribution is 8.00. The van der Waals surface area contributed by atoms with Crippen LogP contribution in [0.2, 0.25) is 0 Å². The molecule has 1 aromatic heterocycles. The summed E-state index contributed by atoms with van der Waals surface area (Å²) in [5.74, 6) is 0.0178. The zero-order chi connectivity index (χ0) is 18.7. The minimum atomic E-state index is -0.283. The molecule has 1 amide bonds. The van der Waals surface area contributed by atoms with Crippen molar-refractivity contribution < 1.29 is 9.69 Å². The van der Waals surface area contributed by atoms with E-state index in [1.165, 1.54) is 16.7 Å². The number of nitrogens with zero attached hydrogens (tertiary/aromatic N) is 2. The van der Waals surface area contributed by atoms with Crippen molar-refractivity contribution in [3.05, 3.63) is 34.6 Å². The number of quaternary nitrogens is 1. The Labute approximate surface area is 158 Å². The van der Waals surface area contributed by atoms with E-state index in [2.05, 4.69) is 19.4 Å². The summed E-state index contributed by atoms with van der Waals surface area (Å²) in [6, 6.07) is 7.74. The van der Waals surface area contributed by atoms with Crippen LogP contribution in [0.15, 0.2) is 34.2 Å². The minimum Gasteiger partial charge on any atom is -0.352 e. The summed E-state index contributed by atoms with van der Waals surface area (Å²) in [5, 5.41) is 4.00. The Balaban J connectivity index is 1.87. The molecule has 1 aliphatic rings. The Kier molecular flexibility index (Phi) is 5.98. The standard InChI is InChI=1S/C19H26N4O2S/c1-13(17(24)20-14-9-10-14)26-19-21-16-8-5-4-7-15(16)18(25)23(19)12-6-11-22(2)3/h4-5,7-8,13-14H,6,9-12H2,1-3H3,(H,20,24)/p+1/t13-/m1/s1. The van der Waals surface area contributed by atoms with Crippen molar-refractivity contribution in [1.29, 1.82) is 0 Å². The maximum Gasteiger partial charge on any atom is 0.262 e. The Bertz CT molecular complexity index is 845. The highest BCUT2D eigenvalue weighted by atomic mass is 32.2. The van der Waals surface area contributed by atoms with Crippen LogP contribution in [0.3, 0.4) is 0 Å². The second-order valence-electron chi connectivity index (χ2n) is 7.22. The molecule has 0 aliphatic heterocycles. The van der Waals surface area contributed by atoms with Crippen molar-refractivity contribution >= 4 is 28.6 Å². The number of para-hydroxylation sites is 1. The topological polar surface area (TPSA) is 68.4 Å². The first-order valence-corrected chi connectivity index (χ1v) is 10.1. The molecule has 0 radical (unpaired) electrons. The first-order chi connectivity index (χ1) is 12.5. The van der Waals surface area contributed by atoms with E-state index < -0.39 is 0 Å². The fourth-order valence-corrected chi connectivity index (χ4v) is 3.73. The molecular formula is C19H27N4O2S+. The quantitative estimate of drug-likeness (QED) is 0.526. The third kappa shape index (κ3) is 4.65. The monoisotopic (exact) mass is 375 g/mol. The number of benzene rings is 1. The van der Waals surface area contributed by atoms with Gasteiger partial charge in [0.1, 0.15) is 0 Å². The molecule has 0 saturated heterocycles. The molecule has 1 fully saturated rings. The molecule has 2 aromatic rings. The Morgan fingerprint density at radius 1 is 1.38 bits per heavy atom. The van der Waals surface area contributed by atoms with Crippen LogP contribution in [0, 0.1) is 0 Å². The van der Waals surface area contributed by atoms with E-state index in [9.17, 15) is 9.59 Å². The smallest absolute Gasteiger partial charge is 0.262 e. The van der Waals surface area contributed by atoms with Gasteiger partial charge in [-0.1, -0.05) is 23.9 Å². The van der Waals surface area contributed by atoms with Gasteiger partial charge in [-0.05, 0) is 31.9 Å². The largest absolute Gasteiger partial charge is 0.352 e. The number of amides is 1. The molecule has 1 heterocycles. The Hall–Kier alpha value is -1.86. The summed E-state index contributed by atoms with van der Waals surface area (Å²) in [6.07, 6.45) is 3.02. The second-order valence-corrected chi connectivity index (χ2v) is 8.53. The van der Waals surface area contributed by atoms with Gasteiger partial charge in [0.2, 0.25) is 5.91 Å². The molecular weight excluding hydrogens is 348 g/mol. The van der Waals surface area contributed by atoms with Gasteiger partial charge < -0.3 is 10.2 Å². The van der Waals surface area contributed by atoms with Gasteiger partial charge in [0.15, 0.2) is 5.16 Å². The molecule has 3 rings (SSSR count). The van der Waals surface area contributed by atoms with E-state index in [4.69, 9.17) is 4.98 Å². The zero-order valence-electron chi connectivity index (χ0n) is 15.6. The molecule has 6 nitrogen and oxygen atoms in total. The number of thioether (sulfide) groups is 1. The van der Waals surface area contributed by atoms with Crippen molar-refractivity contribution in [2.45, 2.75) is 49.2 Å². The third-order valence-corrected chi connectivity index (χ3v) is 5.55. The van der Waals surface area contributed by atoms with Crippen molar-refractivity contribution in [1.82, 2.24) is 14.9 Å². The Morgan fingerprint density at radius 2 is 2.12 bits per heavy atom. The molecule has 1 atom stereocenters. The van der Waals surface area contributed by atoms with Gasteiger partial charge in [0.25, 0.3) is 5.56 Å². The summed E-state index contributed by atoms with van der Waals surface area (Å²) in [5.41, 5.74) is 0.658. The summed E-state index contributed by atoms with van der Waals surface area (Å²) < 4.78 is 1.73. The first kappa shape index (κ1) is 18.9. The minimum absolute atomic E-state index is 0.0178. The number of hydrogen-bond acceptors (Lipinski definition) is 4. The van der Waals surface area contributed by atoms with Crippen LogP contribution < -0.4 is 15.8 Å². The van der Waals surface area contributed by atoms with Gasteiger partial charge in [-0.15, -0.1) is 0 Å². The number of nitrogens with one attached hydrogen (secondary N) is 2. The number of aromatic nitrogens is 2. The van der Waals surface area contributed by atoms with Gasteiger partial charge in [-0.3, -0.25) is 14.2 Å². The molecule has 0 spiro atoms. The number of carbonyl (C=O) groups is 1. The average molecular weight is 376 g/mol. The lowest BCUT2D eigenvalue weighted by Crippen LogP contribution is -3.05. The van der Waals surface area contributed by atoms with Crippen molar-refractivity contribution in [2.75, 3.05) is 20.6 Å². The van der Waals surface area contributed by atoms with Crippen molar-refractivity contribution in [2.24, 2.45) is 0 Å². The van der Waals surface area contributed by atoms with Crippen molar-refractivity contribution in [3.63, 3.8) is 0 Å². The maximum atomic E-state index is 13.0. The lowest BCUT2D eigenvalue weighted by atomic mass is 10.2.